The molecule has 0 aromatic heterocycles. The molecule has 0 saturated carbocycles. The molecule has 5 heteroatoms. The molecule has 1 fully saturated rings. The minimum Gasteiger partial charge on any atom is -0.381 e. The number of carbonyl (C=O) groups is 1. The lowest BCUT2D eigenvalue weighted by atomic mass is 9.93. The number of nitrogens with one attached hydrogen (secondary N) is 1. The van der Waals surface area contributed by atoms with Crippen LogP contribution in [0, 0.1) is 5.92 Å². The third-order valence-corrected chi connectivity index (χ3v) is 3.55. The molecule has 1 aliphatic rings. The first-order chi connectivity index (χ1) is 7.61. The first-order valence-electron chi connectivity index (χ1n) is 6.25. The van der Waals surface area contributed by atoms with Gasteiger partial charge in [-0.3, -0.25) is 4.79 Å². The van der Waals surface area contributed by atoms with Crippen molar-refractivity contribution < 1.29 is 9.53 Å². The summed E-state index contributed by atoms with van der Waals surface area (Å²) >= 11 is 0. The number of hydrogen-bond acceptors (Lipinski definition) is 3. The lowest BCUT2D eigenvalue weighted by Gasteiger charge is -2.28. The summed E-state index contributed by atoms with van der Waals surface area (Å²) in [7, 11) is 0. The molecule has 1 unspecified atom stereocenters. The smallest absolute Gasteiger partial charge is 0.225 e. The van der Waals surface area contributed by atoms with Crippen LogP contribution >= 0.6 is 12.4 Å². The number of halogens is 1. The molecule has 1 atom stereocenters. The molecular formula is C12H25ClN2O2. The summed E-state index contributed by atoms with van der Waals surface area (Å²) in [5.74, 6) is 0.114. The fraction of sp³-hybridized carbons (Fsp3) is 0.917. The second kappa shape index (κ2) is 7.90. The van der Waals surface area contributed by atoms with E-state index in [2.05, 4.69) is 19.2 Å². The minimum absolute atomic E-state index is 0. The second-order valence-corrected chi connectivity index (χ2v) is 4.70. The molecule has 0 aromatic carbocycles. The summed E-state index contributed by atoms with van der Waals surface area (Å²) in [4.78, 5) is 11.8. The van der Waals surface area contributed by atoms with Gasteiger partial charge in [0.1, 0.15) is 0 Å². The molecule has 1 aliphatic heterocycles. The molecule has 0 spiro atoms. The fourth-order valence-electron chi connectivity index (χ4n) is 1.85. The lowest BCUT2D eigenvalue weighted by molar-refractivity contribution is -0.129. The van der Waals surface area contributed by atoms with Gasteiger partial charge in [-0.15, -0.1) is 12.4 Å². The average Bonchev–Trinajstić information content (AvgIpc) is 2.36. The van der Waals surface area contributed by atoms with E-state index >= 15 is 0 Å². The topological polar surface area (TPSA) is 64.3 Å². The van der Waals surface area contributed by atoms with Gasteiger partial charge >= 0.3 is 0 Å². The van der Waals surface area contributed by atoms with Crippen LogP contribution in [0.25, 0.3) is 0 Å². The van der Waals surface area contributed by atoms with E-state index in [0.29, 0.717) is 13.2 Å². The molecule has 0 aromatic rings. The van der Waals surface area contributed by atoms with Gasteiger partial charge in [-0.25, -0.2) is 0 Å². The fourth-order valence-corrected chi connectivity index (χ4v) is 1.85. The second-order valence-electron chi connectivity index (χ2n) is 4.70. The summed E-state index contributed by atoms with van der Waals surface area (Å²) in [5.41, 5.74) is 5.87. The van der Waals surface area contributed by atoms with Gasteiger partial charge in [0.25, 0.3) is 0 Å². The van der Waals surface area contributed by atoms with Crippen LogP contribution < -0.4 is 11.1 Å². The van der Waals surface area contributed by atoms with E-state index in [1.807, 2.05) is 0 Å². The van der Waals surface area contributed by atoms with Crippen LogP contribution in [-0.2, 0) is 9.53 Å². The highest BCUT2D eigenvalue weighted by Crippen LogP contribution is 2.14. The third-order valence-electron chi connectivity index (χ3n) is 3.55. The van der Waals surface area contributed by atoms with Crippen molar-refractivity contribution in [3.8, 4) is 0 Å². The zero-order chi connectivity index (χ0) is 12.0. The molecule has 102 valence electrons. The largest absolute Gasteiger partial charge is 0.381 e. The van der Waals surface area contributed by atoms with Gasteiger partial charge in [0, 0.05) is 18.7 Å². The van der Waals surface area contributed by atoms with E-state index in [1.54, 1.807) is 0 Å². The predicted octanol–water partition coefficient (Wildman–Crippen LogP) is 1.47. The molecule has 1 rings (SSSR count). The summed E-state index contributed by atoms with van der Waals surface area (Å²) in [6, 6.07) is 0. The maximum absolute atomic E-state index is 11.8. The van der Waals surface area contributed by atoms with Gasteiger partial charge in [0.2, 0.25) is 5.91 Å². The van der Waals surface area contributed by atoms with Crippen LogP contribution in [0.2, 0.25) is 0 Å². The highest BCUT2D eigenvalue weighted by molar-refractivity contribution is 5.85. The van der Waals surface area contributed by atoms with Gasteiger partial charge in [-0.1, -0.05) is 13.8 Å². The van der Waals surface area contributed by atoms with Crippen LogP contribution in [0.5, 0.6) is 0 Å². The Morgan fingerprint density at radius 1 is 1.47 bits per heavy atom. The third kappa shape index (κ3) is 5.23. The van der Waals surface area contributed by atoms with E-state index in [-0.39, 0.29) is 29.8 Å². The Labute approximate surface area is 110 Å². The Bertz CT molecular complexity index is 227. The van der Waals surface area contributed by atoms with Gasteiger partial charge < -0.3 is 15.8 Å². The van der Waals surface area contributed by atoms with Crippen molar-refractivity contribution in [3.05, 3.63) is 0 Å². The quantitative estimate of drug-likeness (QED) is 0.790. The van der Waals surface area contributed by atoms with Crippen molar-refractivity contribution >= 4 is 18.3 Å². The van der Waals surface area contributed by atoms with Gasteiger partial charge in [0.15, 0.2) is 0 Å². The Kier molecular flexibility index (Phi) is 7.75. The number of rotatable bonds is 5. The maximum atomic E-state index is 11.8. The molecule has 0 bridgehead atoms. The monoisotopic (exact) mass is 264 g/mol. The van der Waals surface area contributed by atoms with E-state index in [4.69, 9.17) is 10.5 Å². The van der Waals surface area contributed by atoms with E-state index in [9.17, 15) is 4.79 Å². The highest BCUT2D eigenvalue weighted by Gasteiger charge is 2.25. The van der Waals surface area contributed by atoms with Crippen LogP contribution in [0.4, 0.5) is 0 Å². The lowest BCUT2D eigenvalue weighted by Crippen LogP contribution is -2.50. The first-order valence-corrected chi connectivity index (χ1v) is 6.25. The molecule has 3 N–H and O–H groups in total. The Hall–Kier alpha value is -0.320. The SMILES string of the molecule is CCC(N)(CC)CNC(=O)C1CCCOC1.Cl. The first kappa shape index (κ1) is 16.7. The minimum atomic E-state index is -0.259. The van der Waals surface area contributed by atoms with Crippen molar-refractivity contribution in [1.82, 2.24) is 5.32 Å². The number of hydrogen-bond donors (Lipinski definition) is 2. The van der Waals surface area contributed by atoms with Crippen molar-refractivity contribution in [2.24, 2.45) is 11.7 Å². The van der Waals surface area contributed by atoms with Gasteiger partial charge in [0.05, 0.1) is 12.5 Å². The molecule has 1 amide bonds. The molecule has 0 radical (unpaired) electrons. The van der Waals surface area contributed by atoms with E-state index in [1.165, 1.54) is 0 Å². The Morgan fingerprint density at radius 3 is 2.59 bits per heavy atom. The number of carbonyl (C=O) groups excluding carboxylic acids is 1. The van der Waals surface area contributed by atoms with Crippen molar-refractivity contribution in [2.75, 3.05) is 19.8 Å². The number of ether oxygens (including phenoxy) is 1. The Morgan fingerprint density at radius 2 is 2.12 bits per heavy atom. The summed E-state index contributed by atoms with van der Waals surface area (Å²) in [5, 5.41) is 2.95. The summed E-state index contributed by atoms with van der Waals surface area (Å²) in [6.07, 6.45) is 3.67. The normalized spacial score (nSPS) is 20.5. The number of amides is 1. The average molecular weight is 265 g/mol. The summed E-state index contributed by atoms with van der Waals surface area (Å²) < 4.78 is 5.30. The number of nitrogens with two attached hydrogens (primary N) is 1. The van der Waals surface area contributed by atoms with E-state index < -0.39 is 0 Å². The van der Waals surface area contributed by atoms with Crippen molar-refractivity contribution in [1.29, 1.82) is 0 Å². The van der Waals surface area contributed by atoms with Gasteiger partial charge in [-0.2, -0.15) is 0 Å². The molecule has 0 aliphatic carbocycles. The van der Waals surface area contributed by atoms with Crippen molar-refractivity contribution in [2.45, 2.75) is 45.1 Å². The van der Waals surface area contributed by atoms with Crippen LogP contribution in [0.3, 0.4) is 0 Å². The van der Waals surface area contributed by atoms with Crippen LogP contribution in [0.1, 0.15) is 39.5 Å². The van der Waals surface area contributed by atoms with Crippen LogP contribution in [0.15, 0.2) is 0 Å². The zero-order valence-electron chi connectivity index (χ0n) is 10.8. The van der Waals surface area contributed by atoms with Crippen molar-refractivity contribution in [3.63, 3.8) is 0 Å². The molecule has 1 saturated heterocycles. The highest BCUT2D eigenvalue weighted by atomic mass is 35.5. The van der Waals surface area contributed by atoms with Gasteiger partial charge in [-0.05, 0) is 25.7 Å². The zero-order valence-corrected chi connectivity index (χ0v) is 11.6. The predicted molar refractivity (Wildman–Crippen MR) is 71.3 cm³/mol. The van der Waals surface area contributed by atoms with Crippen LogP contribution in [-0.4, -0.2) is 31.2 Å². The Balaban J connectivity index is 0.00000256. The molecule has 4 nitrogen and oxygen atoms in total. The maximum Gasteiger partial charge on any atom is 0.225 e. The molecule has 1 heterocycles. The van der Waals surface area contributed by atoms with E-state index in [0.717, 1.165) is 32.3 Å². The molecular weight excluding hydrogens is 240 g/mol. The molecule has 17 heavy (non-hydrogen) atoms. The standard InChI is InChI=1S/C12H24N2O2.ClH/c1-3-12(13,4-2)9-14-11(15)10-6-5-7-16-8-10;/h10H,3-9,13H2,1-2H3,(H,14,15);1H. The summed E-state index contributed by atoms with van der Waals surface area (Å²) in [6.45, 7) is 6.02.